The molecule has 10 heteroatoms. The Morgan fingerprint density at radius 3 is 2.63 bits per heavy atom. The van der Waals surface area contributed by atoms with Crippen LogP contribution in [-0.2, 0) is 27.8 Å². The van der Waals surface area contributed by atoms with Gasteiger partial charge in [0.2, 0.25) is 15.9 Å². The third kappa shape index (κ3) is 4.60. The number of nitrogens with zero attached hydrogens (tertiary/aromatic N) is 4. The van der Waals surface area contributed by atoms with Crippen molar-refractivity contribution >= 4 is 21.6 Å². The molecule has 1 atom stereocenters. The summed E-state index contributed by atoms with van der Waals surface area (Å²) < 4.78 is 44.4. The number of benzene rings is 2. The van der Waals surface area contributed by atoms with E-state index in [9.17, 15) is 17.6 Å². The van der Waals surface area contributed by atoms with Gasteiger partial charge >= 0.3 is 0 Å². The van der Waals surface area contributed by atoms with Gasteiger partial charge in [-0.05, 0) is 62.9 Å². The van der Waals surface area contributed by atoms with Crippen molar-refractivity contribution in [3.8, 4) is 11.4 Å². The van der Waals surface area contributed by atoms with Crippen LogP contribution in [-0.4, -0.2) is 46.0 Å². The third-order valence-electron chi connectivity index (χ3n) is 6.73. The third-order valence-corrected chi connectivity index (χ3v) is 8.65. The summed E-state index contributed by atoms with van der Waals surface area (Å²) in [6.45, 7) is 2.91. The fourth-order valence-corrected chi connectivity index (χ4v) is 6.47. The molecular formula is C25H28FN5O3S. The number of rotatable bonds is 5. The fraction of sp³-hybridized carbons (Fsp3) is 0.400. The van der Waals surface area contributed by atoms with Gasteiger partial charge in [-0.3, -0.25) is 4.79 Å². The van der Waals surface area contributed by atoms with E-state index in [0.717, 1.165) is 43.6 Å². The number of halogens is 1. The van der Waals surface area contributed by atoms with Crippen molar-refractivity contribution in [2.45, 2.75) is 62.9 Å². The predicted octanol–water partition coefficient (Wildman–Crippen LogP) is 3.91. The Bertz CT molecular complexity index is 1350. The van der Waals surface area contributed by atoms with E-state index in [2.05, 4.69) is 20.1 Å². The number of aryl methyl sites for hydroxylation is 2. The Morgan fingerprint density at radius 2 is 1.83 bits per heavy atom. The Labute approximate surface area is 204 Å². The van der Waals surface area contributed by atoms with Crippen LogP contribution in [0.2, 0.25) is 0 Å². The van der Waals surface area contributed by atoms with Crippen molar-refractivity contribution < 1.29 is 17.6 Å². The lowest BCUT2D eigenvalue weighted by Crippen LogP contribution is -2.43. The van der Waals surface area contributed by atoms with Gasteiger partial charge < -0.3 is 9.88 Å². The van der Waals surface area contributed by atoms with Crippen LogP contribution in [0.3, 0.4) is 0 Å². The minimum atomic E-state index is -3.85. The lowest BCUT2D eigenvalue weighted by molar-refractivity contribution is -0.119. The maximum Gasteiger partial charge on any atom is 0.243 e. The molecule has 1 fully saturated rings. The van der Waals surface area contributed by atoms with Gasteiger partial charge in [-0.1, -0.05) is 24.1 Å². The maximum atomic E-state index is 14.7. The highest BCUT2D eigenvalue weighted by Crippen LogP contribution is 2.30. The molecule has 8 nitrogen and oxygen atoms in total. The summed E-state index contributed by atoms with van der Waals surface area (Å²) in [7, 11) is -3.85. The average Bonchev–Trinajstić information content (AvgIpc) is 3.43. The maximum absolute atomic E-state index is 14.7. The highest BCUT2D eigenvalue weighted by atomic mass is 32.2. The molecule has 0 bridgehead atoms. The van der Waals surface area contributed by atoms with Crippen LogP contribution < -0.4 is 5.32 Å². The number of aromatic nitrogens is 3. The van der Waals surface area contributed by atoms with Gasteiger partial charge in [0.25, 0.3) is 0 Å². The number of nitrogens with one attached hydrogen (secondary N) is 1. The Hall–Kier alpha value is -3.11. The number of hydrogen-bond donors (Lipinski definition) is 1. The fourth-order valence-electron chi connectivity index (χ4n) is 4.81. The molecule has 1 saturated heterocycles. The quantitative estimate of drug-likeness (QED) is 0.577. The first-order valence-corrected chi connectivity index (χ1v) is 13.4. The molecule has 3 aromatic rings. The van der Waals surface area contributed by atoms with Crippen LogP contribution in [0.15, 0.2) is 47.4 Å². The van der Waals surface area contributed by atoms with E-state index < -0.39 is 27.8 Å². The monoisotopic (exact) mass is 497 g/mol. The normalized spacial score (nSPS) is 18.7. The van der Waals surface area contributed by atoms with Crippen molar-refractivity contribution in [2.75, 3.05) is 11.9 Å². The molecule has 5 rings (SSSR count). The largest absolute Gasteiger partial charge is 0.322 e. The smallest absolute Gasteiger partial charge is 0.243 e. The van der Waals surface area contributed by atoms with Crippen LogP contribution in [0.5, 0.6) is 0 Å². The number of carbonyl (C=O) groups excluding carboxylic acids is 1. The summed E-state index contributed by atoms with van der Waals surface area (Å²) >= 11 is 0. The first kappa shape index (κ1) is 23.6. The van der Waals surface area contributed by atoms with Crippen molar-refractivity contribution in [1.29, 1.82) is 0 Å². The number of anilines is 1. The molecule has 1 N–H and O–H groups in total. The number of amides is 1. The van der Waals surface area contributed by atoms with Gasteiger partial charge in [0.15, 0.2) is 5.82 Å². The van der Waals surface area contributed by atoms with Crippen molar-refractivity contribution in [2.24, 2.45) is 0 Å². The van der Waals surface area contributed by atoms with E-state index in [4.69, 9.17) is 0 Å². The summed E-state index contributed by atoms with van der Waals surface area (Å²) in [5.74, 6) is 0.412. The minimum absolute atomic E-state index is 0.00180. The molecule has 35 heavy (non-hydrogen) atoms. The molecule has 1 amide bonds. The van der Waals surface area contributed by atoms with E-state index in [1.165, 1.54) is 10.4 Å². The number of carbonyl (C=O) groups is 1. The van der Waals surface area contributed by atoms with Gasteiger partial charge in [-0.15, -0.1) is 10.2 Å². The molecule has 1 aromatic heterocycles. The molecule has 0 unspecified atom stereocenters. The molecule has 184 valence electrons. The van der Waals surface area contributed by atoms with E-state index in [1.54, 1.807) is 36.4 Å². The molecule has 2 aromatic carbocycles. The lowest BCUT2D eigenvalue weighted by atomic mass is 10.1. The van der Waals surface area contributed by atoms with Crippen molar-refractivity contribution in [3.05, 3.63) is 59.7 Å². The van der Waals surface area contributed by atoms with E-state index in [-0.39, 0.29) is 17.1 Å². The Morgan fingerprint density at radius 1 is 1.03 bits per heavy atom. The van der Waals surface area contributed by atoms with Crippen LogP contribution >= 0.6 is 0 Å². The van der Waals surface area contributed by atoms with Gasteiger partial charge in [0, 0.05) is 25.1 Å². The van der Waals surface area contributed by atoms with Crippen LogP contribution in [0.1, 0.15) is 43.5 Å². The summed E-state index contributed by atoms with van der Waals surface area (Å²) in [6, 6.07) is 10.1. The zero-order valence-electron chi connectivity index (χ0n) is 19.6. The van der Waals surface area contributed by atoms with Crippen molar-refractivity contribution in [1.82, 2.24) is 19.1 Å². The standard InChI is InChI=1S/C25H28FN5O3S/c1-17-8-11-19(12-9-17)35(33,34)31-15-5-6-22(31)25(32)27-21-16-18(10-13-20(21)26)24-29-28-23-7-3-2-4-14-30(23)24/h8-13,16,22H,2-7,14-15H2,1H3,(H,27,32)/t22-/m0/s1. The second-order valence-corrected chi connectivity index (χ2v) is 11.1. The molecule has 2 aliphatic rings. The Kier molecular flexibility index (Phi) is 6.41. The lowest BCUT2D eigenvalue weighted by Gasteiger charge is -2.23. The summed E-state index contributed by atoms with van der Waals surface area (Å²) in [5.41, 5.74) is 1.59. The van der Waals surface area contributed by atoms with Crippen LogP contribution in [0.25, 0.3) is 11.4 Å². The first-order valence-electron chi connectivity index (χ1n) is 12.0. The second kappa shape index (κ2) is 9.50. The van der Waals surface area contributed by atoms with E-state index in [0.29, 0.717) is 24.2 Å². The molecule has 0 aliphatic carbocycles. The average molecular weight is 498 g/mol. The topological polar surface area (TPSA) is 97.2 Å². The zero-order chi connectivity index (χ0) is 24.6. The second-order valence-electron chi connectivity index (χ2n) is 9.17. The molecular weight excluding hydrogens is 469 g/mol. The SMILES string of the molecule is Cc1ccc(S(=O)(=O)N2CCC[C@H]2C(=O)Nc2cc(-c3nnc4n3CCCCC4)ccc2F)cc1. The van der Waals surface area contributed by atoms with Gasteiger partial charge in [-0.2, -0.15) is 4.31 Å². The predicted molar refractivity (Wildman–Crippen MR) is 130 cm³/mol. The molecule has 0 radical (unpaired) electrons. The molecule has 3 heterocycles. The summed E-state index contributed by atoms with van der Waals surface area (Å²) in [4.78, 5) is 13.3. The van der Waals surface area contributed by atoms with Gasteiger partial charge in [0.05, 0.1) is 10.6 Å². The first-order chi connectivity index (χ1) is 16.8. The van der Waals surface area contributed by atoms with Crippen LogP contribution in [0, 0.1) is 12.7 Å². The molecule has 0 spiro atoms. The minimum Gasteiger partial charge on any atom is -0.322 e. The summed E-state index contributed by atoms with van der Waals surface area (Å²) in [6.07, 6.45) is 4.98. The number of hydrogen-bond acceptors (Lipinski definition) is 5. The highest BCUT2D eigenvalue weighted by molar-refractivity contribution is 7.89. The zero-order valence-corrected chi connectivity index (χ0v) is 20.4. The number of sulfonamides is 1. The summed E-state index contributed by atoms with van der Waals surface area (Å²) in [5, 5.41) is 11.2. The van der Waals surface area contributed by atoms with Crippen molar-refractivity contribution in [3.63, 3.8) is 0 Å². The van der Waals surface area contributed by atoms with E-state index >= 15 is 0 Å². The molecule has 0 saturated carbocycles. The van der Waals surface area contributed by atoms with Gasteiger partial charge in [-0.25, -0.2) is 12.8 Å². The van der Waals surface area contributed by atoms with Gasteiger partial charge in [0.1, 0.15) is 17.7 Å². The van der Waals surface area contributed by atoms with Crippen LogP contribution in [0.4, 0.5) is 10.1 Å². The van der Waals surface area contributed by atoms with E-state index in [1.807, 2.05) is 6.92 Å². The molecule has 2 aliphatic heterocycles. The number of fused-ring (bicyclic) bond motifs is 1. The Balaban J connectivity index is 1.39. The highest BCUT2D eigenvalue weighted by Gasteiger charge is 2.39.